The van der Waals surface area contributed by atoms with Crippen LogP contribution in [-0.2, 0) is 9.59 Å². The highest BCUT2D eigenvalue weighted by Gasteiger charge is 2.25. The van der Waals surface area contributed by atoms with Crippen molar-refractivity contribution in [3.05, 3.63) is 0 Å². The number of nitrogens with two attached hydrogens (primary N) is 1. The first-order valence-corrected chi connectivity index (χ1v) is 6.55. The molecule has 0 fully saturated rings. The zero-order valence-corrected chi connectivity index (χ0v) is 12.0. The van der Waals surface area contributed by atoms with Crippen LogP contribution in [0.3, 0.4) is 0 Å². The van der Waals surface area contributed by atoms with Gasteiger partial charge in [-0.15, -0.1) is 0 Å². The van der Waals surface area contributed by atoms with Gasteiger partial charge in [0.2, 0.25) is 5.91 Å². The molecule has 112 valence electrons. The minimum Gasteiger partial charge on any atom is -0.480 e. The Bertz CT molecular complexity index is 300. The maximum Gasteiger partial charge on any atom is 0.328 e. The van der Waals surface area contributed by atoms with Crippen molar-refractivity contribution in [1.29, 1.82) is 0 Å². The maximum absolute atomic E-state index is 11.6. The van der Waals surface area contributed by atoms with Crippen LogP contribution in [0.25, 0.3) is 0 Å². The van der Waals surface area contributed by atoms with Crippen molar-refractivity contribution >= 4 is 11.9 Å². The number of carboxylic acid groups (broad SMARTS) is 1. The monoisotopic (exact) mass is 274 g/mol. The lowest BCUT2D eigenvalue weighted by Crippen LogP contribution is -2.43. The second-order valence-corrected chi connectivity index (χ2v) is 5.82. The molecule has 6 heteroatoms. The number of nitrogens with one attached hydrogen (secondary N) is 1. The third-order valence-corrected chi connectivity index (χ3v) is 3.28. The zero-order valence-electron chi connectivity index (χ0n) is 12.0. The maximum atomic E-state index is 11.6. The summed E-state index contributed by atoms with van der Waals surface area (Å²) in [6.07, 6.45) is 1.73. The molecule has 0 heterocycles. The topological polar surface area (TPSA) is 113 Å². The first kappa shape index (κ1) is 17.9. The fraction of sp³-hybridized carbons (Fsp3) is 0.846. The predicted molar refractivity (Wildman–Crippen MR) is 72.5 cm³/mol. The van der Waals surface area contributed by atoms with Crippen molar-refractivity contribution in [2.24, 2.45) is 17.1 Å². The Kier molecular flexibility index (Phi) is 7.63. The highest BCUT2D eigenvalue weighted by molar-refractivity contribution is 5.83. The minimum absolute atomic E-state index is 0.0584. The van der Waals surface area contributed by atoms with E-state index in [1.165, 1.54) is 0 Å². The molecule has 0 radical (unpaired) electrons. The van der Waals surface area contributed by atoms with Gasteiger partial charge in [-0.05, 0) is 30.7 Å². The Labute approximate surface area is 114 Å². The first-order chi connectivity index (χ1) is 8.72. The summed E-state index contributed by atoms with van der Waals surface area (Å²) in [5.41, 5.74) is 5.62. The van der Waals surface area contributed by atoms with Crippen molar-refractivity contribution in [3.63, 3.8) is 0 Å². The van der Waals surface area contributed by atoms with Crippen LogP contribution in [-0.4, -0.2) is 41.3 Å². The molecule has 2 atom stereocenters. The normalized spacial score (nSPS) is 14.8. The van der Waals surface area contributed by atoms with Crippen molar-refractivity contribution in [2.45, 2.75) is 46.1 Å². The number of amides is 1. The van der Waals surface area contributed by atoms with Gasteiger partial charge in [-0.2, -0.15) is 0 Å². The summed E-state index contributed by atoms with van der Waals surface area (Å²) in [5.74, 6) is -1.28. The zero-order chi connectivity index (χ0) is 15.1. The quantitative estimate of drug-likeness (QED) is 0.510. The molecule has 19 heavy (non-hydrogen) atoms. The van der Waals surface area contributed by atoms with E-state index >= 15 is 0 Å². The van der Waals surface area contributed by atoms with Crippen molar-refractivity contribution in [1.82, 2.24) is 5.32 Å². The van der Waals surface area contributed by atoms with Crippen molar-refractivity contribution in [3.8, 4) is 0 Å². The lowest BCUT2D eigenvalue weighted by molar-refractivity contribution is -0.143. The van der Waals surface area contributed by atoms with Crippen LogP contribution in [0.4, 0.5) is 0 Å². The molecule has 0 spiro atoms. The molecule has 1 unspecified atom stereocenters. The van der Waals surface area contributed by atoms with Crippen LogP contribution in [0, 0.1) is 11.3 Å². The van der Waals surface area contributed by atoms with Gasteiger partial charge in [0.15, 0.2) is 0 Å². The minimum atomic E-state index is -1.23. The van der Waals surface area contributed by atoms with Gasteiger partial charge in [0.25, 0.3) is 0 Å². The van der Waals surface area contributed by atoms with Gasteiger partial charge in [-0.3, -0.25) is 4.79 Å². The van der Waals surface area contributed by atoms with E-state index in [4.69, 9.17) is 15.9 Å². The van der Waals surface area contributed by atoms with Gasteiger partial charge in [0.05, 0.1) is 6.61 Å². The van der Waals surface area contributed by atoms with Crippen LogP contribution in [0.1, 0.15) is 40.0 Å². The molecule has 5 N–H and O–H groups in total. The molecule has 0 bridgehead atoms. The number of hydrogen-bond acceptors (Lipinski definition) is 4. The van der Waals surface area contributed by atoms with E-state index in [-0.39, 0.29) is 17.7 Å². The SMILES string of the molecule is CC(C)(C)C(CCN)CCC(=O)N[C@@H](CO)C(=O)O. The molecule has 0 aromatic carbocycles. The second-order valence-electron chi connectivity index (χ2n) is 5.82. The third-order valence-electron chi connectivity index (χ3n) is 3.28. The smallest absolute Gasteiger partial charge is 0.328 e. The standard InChI is InChI=1S/C13H26N2O4/c1-13(2,3)9(6-7-14)4-5-11(17)15-10(8-16)12(18)19/h9-10,16H,4-8,14H2,1-3H3,(H,15,17)(H,18,19)/t9?,10-/m0/s1. The molecule has 0 aromatic rings. The van der Waals surface area contributed by atoms with Crippen LogP contribution >= 0.6 is 0 Å². The molecular formula is C13H26N2O4. The highest BCUT2D eigenvalue weighted by Crippen LogP contribution is 2.31. The van der Waals surface area contributed by atoms with Crippen LogP contribution in [0.5, 0.6) is 0 Å². The molecule has 0 aliphatic heterocycles. The summed E-state index contributed by atoms with van der Waals surface area (Å²) >= 11 is 0. The molecule has 0 aliphatic carbocycles. The number of aliphatic carboxylic acids is 1. The summed E-state index contributed by atoms with van der Waals surface area (Å²) in [7, 11) is 0. The molecule has 0 saturated heterocycles. The van der Waals surface area contributed by atoms with Crippen LogP contribution in [0.2, 0.25) is 0 Å². The lowest BCUT2D eigenvalue weighted by atomic mass is 9.76. The van der Waals surface area contributed by atoms with E-state index in [9.17, 15) is 9.59 Å². The molecule has 0 aromatic heterocycles. The third kappa shape index (κ3) is 7.12. The van der Waals surface area contributed by atoms with Crippen LogP contribution in [0.15, 0.2) is 0 Å². The van der Waals surface area contributed by atoms with E-state index in [2.05, 4.69) is 26.1 Å². The summed E-state index contributed by atoms with van der Waals surface area (Å²) in [4.78, 5) is 22.3. The average molecular weight is 274 g/mol. The van der Waals surface area contributed by atoms with Gasteiger partial charge >= 0.3 is 5.97 Å². The largest absolute Gasteiger partial charge is 0.480 e. The van der Waals surface area contributed by atoms with Gasteiger partial charge in [-0.25, -0.2) is 4.79 Å². The Morgan fingerprint density at radius 2 is 1.84 bits per heavy atom. The Balaban J connectivity index is 4.29. The molecule has 1 amide bonds. The van der Waals surface area contributed by atoms with E-state index in [1.807, 2.05) is 0 Å². The highest BCUT2D eigenvalue weighted by atomic mass is 16.4. The number of aliphatic hydroxyl groups is 1. The van der Waals surface area contributed by atoms with Crippen molar-refractivity contribution in [2.75, 3.05) is 13.2 Å². The first-order valence-electron chi connectivity index (χ1n) is 6.55. The van der Waals surface area contributed by atoms with E-state index < -0.39 is 18.6 Å². The summed E-state index contributed by atoms with van der Waals surface area (Å²) in [6, 6.07) is -1.23. The van der Waals surface area contributed by atoms with E-state index in [0.29, 0.717) is 18.9 Å². The number of carbonyl (C=O) groups is 2. The van der Waals surface area contributed by atoms with E-state index in [0.717, 1.165) is 6.42 Å². The molecular weight excluding hydrogens is 248 g/mol. The number of rotatable bonds is 8. The summed E-state index contributed by atoms with van der Waals surface area (Å²) < 4.78 is 0. The fourth-order valence-electron chi connectivity index (χ4n) is 1.97. The number of carbonyl (C=O) groups excluding carboxylic acids is 1. The Morgan fingerprint density at radius 1 is 1.26 bits per heavy atom. The predicted octanol–water partition coefficient (Wildman–Crippen LogP) is 0.339. The number of hydrogen-bond donors (Lipinski definition) is 4. The van der Waals surface area contributed by atoms with Gasteiger partial charge in [-0.1, -0.05) is 20.8 Å². The summed E-state index contributed by atoms with van der Waals surface area (Å²) in [5, 5.41) is 19.8. The van der Waals surface area contributed by atoms with Crippen molar-refractivity contribution < 1.29 is 19.8 Å². The molecule has 0 aliphatic rings. The Morgan fingerprint density at radius 3 is 2.21 bits per heavy atom. The Hall–Kier alpha value is -1.14. The fourth-order valence-corrected chi connectivity index (χ4v) is 1.97. The van der Waals surface area contributed by atoms with E-state index in [1.54, 1.807) is 0 Å². The summed E-state index contributed by atoms with van der Waals surface area (Å²) in [6.45, 7) is 6.25. The van der Waals surface area contributed by atoms with Gasteiger partial charge < -0.3 is 21.3 Å². The average Bonchev–Trinajstić information content (AvgIpc) is 2.29. The second kappa shape index (κ2) is 8.12. The number of aliphatic hydroxyl groups excluding tert-OH is 1. The van der Waals surface area contributed by atoms with Gasteiger partial charge in [0.1, 0.15) is 6.04 Å². The van der Waals surface area contributed by atoms with Gasteiger partial charge in [0, 0.05) is 6.42 Å². The molecule has 0 saturated carbocycles. The van der Waals surface area contributed by atoms with Crippen LogP contribution < -0.4 is 11.1 Å². The molecule has 6 nitrogen and oxygen atoms in total. The number of carboxylic acids is 1. The lowest BCUT2D eigenvalue weighted by Gasteiger charge is -2.30. The molecule has 0 rings (SSSR count).